The van der Waals surface area contributed by atoms with Crippen LogP contribution in [0.5, 0.6) is 0 Å². The second-order valence-electron chi connectivity index (χ2n) is 4.47. The van der Waals surface area contributed by atoms with E-state index >= 15 is 0 Å². The van der Waals surface area contributed by atoms with Gasteiger partial charge in [-0.15, -0.1) is 0 Å². The first-order chi connectivity index (χ1) is 8.13. The van der Waals surface area contributed by atoms with Crippen LogP contribution in [0, 0.1) is 0 Å². The summed E-state index contributed by atoms with van der Waals surface area (Å²) in [6.45, 7) is 1.94. The average molecular weight is 234 g/mol. The maximum absolute atomic E-state index is 11.7. The Morgan fingerprint density at radius 1 is 1.53 bits per heavy atom. The number of carbonyl (C=O) groups excluding carboxylic acids is 1. The van der Waals surface area contributed by atoms with Gasteiger partial charge in [0.2, 0.25) is 0 Å². The van der Waals surface area contributed by atoms with Crippen molar-refractivity contribution in [2.24, 2.45) is 0 Å². The largest absolute Gasteiger partial charge is 0.399 e. The molecule has 5 heteroatoms. The molecule has 0 radical (unpaired) electrons. The van der Waals surface area contributed by atoms with Crippen molar-refractivity contribution in [1.29, 1.82) is 0 Å². The maximum atomic E-state index is 11.7. The van der Waals surface area contributed by atoms with E-state index in [1.165, 1.54) is 0 Å². The third kappa shape index (κ3) is 3.35. The van der Waals surface area contributed by atoms with Crippen LogP contribution in [0.4, 0.5) is 16.2 Å². The average Bonchev–Trinajstić information content (AvgIpc) is 2.63. The van der Waals surface area contributed by atoms with Crippen molar-refractivity contribution in [3.8, 4) is 0 Å². The number of hydrogen-bond acceptors (Lipinski definition) is 3. The van der Waals surface area contributed by atoms with E-state index in [2.05, 4.69) is 22.6 Å². The fraction of sp³-hybridized carbons (Fsp3) is 0.417. The standard InChI is InChI=1S/C12H18N4O/c1-16-6-5-11(8-16)15-12(17)14-10-4-2-3-9(13)7-10/h2-4,7,11H,5-6,8,13H2,1H3,(H2,14,15,17). The van der Waals surface area contributed by atoms with Crippen LogP contribution in [0.25, 0.3) is 0 Å². The molecule has 1 heterocycles. The van der Waals surface area contributed by atoms with Gasteiger partial charge in [0, 0.05) is 24.0 Å². The molecule has 1 aliphatic heterocycles. The molecule has 1 aliphatic rings. The lowest BCUT2D eigenvalue weighted by Gasteiger charge is -2.13. The Morgan fingerprint density at radius 3 is 3.00 bits per heavy atom. The predicted octanol–water partition coefficient (Wildman–Crippen LogP) is 1.09. The number of benzene rings is 1. The molecular weight excluding hydrogens is 216 g/mol. The third-order valence-electron chi connectivity index (χ3n) is 2.87. The van der Waals surface area contributed by atoms with Gasteiger partial charge in [-0.05, 0) is 38.2 Å². The molecule has 4 N–H and O–H groups in total. The number of nitrogen functional groups attached to an aromatic ring is 1. The van der Waals surface area contributed by atoms with Gasteiger partial charge in [-0.3, -0.25) is 0 Å². The Bertz CT molecular complexity index is 407. The van der Waals surface area contributed by atoms with E-state index in [1.54, 1.807) is 12.1 Å². The van der Waals surface area contributed by atoms with Crippen molar-refractivity contribution >= 4 is 17.4 Å². The first kappa shape index (κ1) is 11.7. The van der Waals surface area contributed by atoms with Crippen LogP contribution < -0.4 is 16.4 Å². The number of rotatable bonds is 2. The maximum Gasteiger partial charge on any atom is 0.319 e. The molecule has 5 nitrogen and oxygen atoms in total. The van der Waals surface area contributed by atoms with E-state index in [4.69, 9.17) is 5.73 Å². The van der Waals surface area contributed by atoms with Crippen molar-refractivity contribution in [2.75, 3.05) is 31.2 Å². The monoisotopic (exact) mass is 234 g/mol. The lowest BCUT2D eigenvalue weighted by molar-refractivity contribution is 0.248. The Hall–Kier alpha value is -1.75. The number of carbonyl (C=O) groups is 1. The number of amides is 2. The van der Waals surface area contributed by atoms with E-state index in [0.717, 1.165) is 19.5 Å². The Labute approximate surface area is 101 Å². The molecule has 0 bridgehead atoms. The molecule has 0 spiro atoms. The number of nitrogens with two attached hydrogens (primary N) is 1. The first-order valence-corrected chi connectivity index (χ1v) is 5.75. The molecule has 1 aromatic rings. The molecule has 2 amide bonds. The van der Waals surface area contributed by atoms with Crippen LogP contribution in [0.3, 0.4) is 0 Å². The number of likely N-dealkylation sites (N-methyl/N-ethyl adjacent to an activating group) is 1. The number of hydrogen-bond donors (Lipinski definition) is 3. The minimum atomic E-state index is -0.170. The summed E-state index contributed by atoms with van der Waals surface area (Å²) < 4.78 is 0. The smallest absolute Gasteiger partial charge is 0.319 e. The molecule has 92 valence electrons. The molecule has 0 aromatic heterocycles. The highest BCUT2D eigenvalue weighted by Gasteiger charge is 2.20. The summed E-state index contributed by atoms with van der Waals surface area (Å²) in [4.78, 5) is 13.9. The Morgan fingerprint density at radius 2 is 2.35 bits per heavy atom. The zero-order chi connectivity index (χ0) is 12.3. The van der Waals surface area contributed by atoms with Gasteiger partial charge in [-0.25, -0.2) is 4.79 Å². The van der Waals surface area contributed by atoms with E-state index in [9.17, 15) is 4.79 Å². The number of nitrogens with zero attached hydrogens (tertiary/aromatic N) is 1. The molecule has 1 fully saturated rings. The fourth-order valence-corrected chi connectivity index (χ4v) is 2.02. The topological polar surface area (TPSA) is 70.4 Å². The second kappa shape index (κ2) is 5.05. The van der Waals surface area contributed by atoms with Crippen LogP contribution in [0.15, 0.2) is 24.3 Å². The molecule has 1 aromatic carbocycles. The van der Waals surface area contributed by atoms with E-state index in [0.29, 0.717) is 11.4 Å². The van der Waals surface area contributed by atoms with Gasteiger partial charge >= 0.3 is 6.03 Å². The van der Waals surface area contributed by atoms with Gasteiger partial charge in [0.25, 0.3) is 0 Å². The number of nitrogens with one attached hydrogen (secondary N) is 2. The highest BCUT2D eigenvalue weighted by atomic mass is 16.2. The number of anilines is 2. The third-order valence-corrected chi connectivity index (χ3v) is 2.87. The van der Waals surface area contributed by atoms with Crippen molar-refractivity contribution < 1.29 is 4.79 Å². The zero-order valence-corrected chi connectivity index (χ0v) is 9.94. The molecule has 1 saturated heterocycles. The lowest BCUT2D eigenvalue weighted by Crippen LogP contribution is -2.39. The number of likely N-dealkylation sites (tertiary alicyclic amines) is 1. The van der Waals surface area contributed by atoms with Crippen LogP contribution in [0.2, 0.25) is 0 Å². The SMILES string of the molecule is CN1CCC(NC(=O)Nc2cccc(N)c2)C1. The highest BCUT2D eigenvalue weighted by molar-refractivity contribution is 5.89. The molecule has 0 saturated carbocycles. The molecule has 17 heavy (non-hydrogen) atoms. The summed E-state index contributed by atoms with van der Waals surface area (Å²) in [5, 5.41) is 5.72. The van der Waals surface area contributed by atoms with Gasteiger partial charge in [0.1, 0.15) is 0 Å². The van der Waals surface area contributed by atoms with E-state index in [1.807, 2.05) is 12.1 Å². The molecular formula is C12H18N4O. The van der Waals surface area contributed by atoms with Gasteiger partial charge < -0.3 is 21.3 Å². The quantitative estimate of drug-likeness (QED) is 0.671. The van der Waals surface area contributed by atoms with Crippen molar-refractivity contribution in [3.63, 3.8) is 0 Å². The molecule has 0 aliphatic carbocycles. The predicted molar refractivity (Wildman–Crippen MR) is 68.9 cm³/mol. The van der Waals surface area contributed by atoms with E-state index in [-0.39, 0.29) is 12.1 Å². The minimum Gasteiger partial charge on any atom is -0.399 e. The normalized spacial score (nSPS) is 20.2. The molecule has 1 atom stereocenters. The summed E-state index contributed by atoms with van der Waals surface area (Å²) in [6.07, 6.45) is 1.00. The minimum absolute atomic E-state index is 0.170. The van der Waals surface area contributed by atoms with Crippen LogP contribution >= 0.6 is 0 Å². The zero-order valence-electron chi connectivity index (χ0n) is 9.94. The summed E-state index contributed by atoms with van der Waals surface area (Å²) in [5.74, 6) is 0. The van der Waals surface area contributed by atoms with Gasteiger partial charge in [-0.1, -0.05) is 6.07 Å². The van der Waals surface area contributed by atoms with Gasteiger partial charge in [0.05, 0.1) is 0 Å². The van der Waals surface area contributed by atoms with Gasteiger partial charge in [-0.2, -0.15) is 0 Å². The van der Waals surface area contributed by atoms with Crippen LogP contribution in [-0.2, 0) is 0 Å². The number of urea groups is 1. The lowest BCUT2D eigenvalue weighted by atomic mass is 10.2. The van der Waals surface area contributed by atoms with Crippen LogP contribution in [0.1, 0.15) is 6.42 Å². The van der Waals surface area contributed by atoms with Crippen molar-refractivity contribution in [1.82, 2.24) is 10.2 Å². The summed E-state index contributed by atoms with van der Waals surface area (Å²) in [5.41, 5.74) is 7.00. The van der Waals surface area contributed by atoms with Crippen molar-refractivity contribution in [2.45, 2.75) is 12.5 Å². The first-order valence-electron chi connectivity index (χ1n) is 5.75. The van der Waals surface area contributed by atoms with Gasteiger partial charge in [0.15, 0.2) is 0 Å². The molecule has 1 unspecified atom stereocenters. The Kier molecular flexibility index (Phi) is 3.49. The summed E-state index contributed by atoms with van der Waals surface area (Å²) in [6, 6.07) is 7.22. The van der Waals surface area contributed by atoms with Crippen molar-refractivity contribution in [3.05, 3.63) is 24.3 Å². The summed E-state index contributed by atoms with van der Waals surface area (Å²) in [7, 11) is 2.05. The highest BCUT2D eigenvalue weighted by Crippen LogP contribution is 2.12. The fourth-order valence-electron chi connectivity index (χ4n) is 2.02. The molecule has 2 rings (SSSR count). The second-order valence-corrected chi connectivity index (χ2v) is 4.47. The Balaban J connectivity index is 1.85. The van der Waals surface area contributed by atoms with E-state index < -0.39 is 0 Å². The summed E-state index contributed by atoms with van der Waals surface area (Å²) >= 11 is 0. The van der Waals surface area contributed by atoms with Crippen LogP contribution in [-0.4, -0.2) is 37.1 Å².